The molecule has 0 saturated heterocycles. The number of halogens is 2. The first-order chi connectivity index (χ1) is 11.0. The summed E-state index contributed by atoms with van der Waals surface area (Å²) in [6.07, 6.45) is 3.05. The molecule has 0 saturated carbocycles. The molecule has 0 atom stereocenters. The van der Waals surface area contributed by atoms with Crippen molar-refractivity contribution in [2.75, 3.05) is 5.32 Å². The second-order valence-corrected chi connectivity index (χ2v) is 5.98. The average Bonchev–Trinajstić information content (AvgIpc) is 3.03. The molecule has 116 valence electrons. The van der Waals surface area contributed by atoms with E-state index in [2.05, 4.69) is 33.0 Å². The maximum Gasteiger partial charge on any atom is 0.337 e. The van der Waals surface area contributed by atoms with Crippen LogP contribution in [0.4, 0.5) is 15.8 Å². The van der Waals surface area contributed by atoms with Crippen LogP contribution >= 0.6 is 22.6 Å². The Morgan fingerprint density at radius 3 is 2.61 bits per heavy atom. The summed E-state index contributed by atoms with van der Waals surface area (Å²) in [5.41, 5.74) is 0.919. The second kappa shape index (κ2) is 6.37. The minimum absolute atomic E-state index is 0.0320. The van der Waals surface area contributed by atoms with Gasteiger partial charge in [-0.3, -0.25) is 0 Å². The minimum Gasteiger partial charge on any atom is -0.478 e. The monoisotopic (exact) mass is 423 g/mol. The zero-order chi connectivity index (χ0) is 16.4. The maximum absolute atomic E-state index is 14.3. The number of aromatic carboxylic acids is 1. The van der Waals surface area contributed by atoms with Crippen molar-refractivity contribution in [3.63, 3.8) is 0 Å². The van der Waals surface area contributed by atoms with Gasteiger partial charge >= 0.3 is 5.97 Å². The standard InChI is InChI=1S/C16H11FIN3O2/c17-13-9-14(20-11-4-2-10(18)3-5-11)12(16(22)23)8-15(13)21-7-1-6-19-21/h1-9,20H,(H,22,23). The number of rotatable bonds is 4. The van der Waals surface area contributed by atoms with Gasteiger partial charge in [-0.1, -0.05) is 0 Å². The van der Waals surface area contributed by atoms with Crippen LogP contribution in [0.25, 0.3) is 5.69 Å². The first kappa shape index (κ1) is 15.5. The molecule has 0 fully saturated rings. The second-order valence-electron chi connectivity index (χ2n) is 4.74. The van der Waals surface area contributed by atoms with Gasteiger partial charge in [-0.2, -0.15) is 5.10 Å². The Bertz CT molecular complexity index is 849. The molecule has 3 rings (SSSR count). The highest BCUT2D eigenvalue weighted by molar-refractivity contribution is 14.1. The van der Waals surface area contributed by atoms with Gasteiger partial charge in [0.15, 0.2) is 5.82 Å². The van der Waals surface area contributed by atoms with Gasteiger partial charge in [0.25, 0.3) is 0 Å². The lowest BCUT2D eigenvalue weighted by molar-refractivity contribution is 0.0698. The molecule has 23 heavy (non-hydrogen) atoms. The summed E-state index contributed by atoms with van der Waals surface area (Å²) in [6.45, 7) is 0. The molecule has 7 heteroatoms. The molecule has 0 amide bonds. The molecule has 0 bridgehead atoms. The van der Waals surface area contributed by atoms with Crippen LogP contribution in [0.2, 0.25) is 0 Å². The van der Waals surface area contributed by atoms with Crippen molar-refractivity contribution >= 4 is 39.9 Å². The fourth-order valence-electron chi connectivity index (χ4n) is 2.12. The first-order valence-electron chi connectivity index (χ1n) is 6.64. The SMILES string of the molecule is O=C(O)c1cc(-n2cccn2)c(F)cc1Nc1ccc(I)cc1. The van der Waals surface area contributed by atoms with Crippen molar-refractivity contribution in [3.8, 4) is 5.69 Å². The van der Waals surface area contributed by atoms with Crippen molar-refractivity contribution in [2.45, 2.75) is 0 Å². The molecule has 1 heterocycles. The Balaban J connectivity index is 2.04. The lowest BCUT2D eigenvalue weighted by Crippen LogP contribution is -2.07. The molecule has 2 aromatic carbocycles. The fraction of sp³-hybridized carbons (Fsp3) is 0. The summed E-state index contributed by atoms with van der Waals surface area (Å²) >= 11 is 2.17. The molecule has 2 N–H and O–H groups in total. The van der Waals surface area contributed by atoms with Crippen molar-refractivity contribution in [1.82, 2.24) is 9.78 Å². The van der Waals surface area contributed by atoms with Gasteiger partial charge in [-0.25, -0.2) is 13.9 Å². The van der Waals surface area contributed by atoms with Crippen molar-refractivity contribution in [3.05, 3.63) is 69.8 Å². The topological polar surface area (TPSA) is 67.1 Å². The van der Waals surface area contributed by atoms with Crippen molar-refractivity contribution in [1.29, 1.82) is 0 Å². The predicted molar refractivity (Wildman–Crippen MR) is 92.9 cm³/mol. The number of nitrogens with one attached hydrogen (secondary N) is 1. The quantitative estimate of drug-likeness (QED) is 0.622. The number of carboxylic acid groups (broad SMARTS) is 1. The van der Waals surface area contributed by atoms with Crippen LogP contribution < -0.4 is 5.32 Å². The maximum atomic E-state index is 14.3. The summed E-state index contributed by atoms with van der Waals surface area (Å²) in [6, 6.07) is 11.4. The number of nitrogens with zero attached hydrogens (tertiary/aromatic N) is 2. The van der Waals surface area contributed by atoms with Crippen molar-refractivity contribution < 1.29 is 14.3 Å². The summed E-state index contributed by atoms with van der Waals surface area (Å²) in [5.74, 6) is -1.71. The van der Waals surface area contributed by atoms with Crippen LogP contribution in [0.5, 0.6) is 0 Å². The highest BCUT2D eigenvalue weighted by Gasteiger charge is 2.16. The molecular weight excluding hydrogens is 412 g/mol. The van der Waals surface area contributed by atoms with Crippen molar-refractivity contribution in [2.24, 2.45) is 0 Å². The van der Waals surface area contributed by atoms with Crippen LogP contribution in [0.3, 0.4) is 0 Å². The third kappa shape index (κ3) is 3.34. The van der Waals surface area contributed by atoms with E-state index in [1.165, 1.54) is 23.0 Å². The minimum atomic E-state index is -1.15. The number of aromatic nitrogens is 2. The summed E-state index contributed by atoms with van der Waals surface area (Å²) < 4.78 is 16.7. The molecule has 0 aliphatic carbocycles. The number of carbonyl (C=O) groups is 1. The largest absolute Gasteiger partial charge is 0.478 e. The molecule has 0 radical (unpaired) electrons. The average molecular weight is 423 g/mol. The molecule has 0 spiro atoms. The van der Waals surface area contributed by atoms with Crippen LogP contribution in [0.15, 0.2) is 54.9 Å². The van der Waals surface area contributed by atoms with E-state index >= 15 is 0 Å². The third-order valence-corrected chi connectivity index (χ3v) is 3.91. The predicted octanol–water partition coefficient (Wildman–Crippen LogP) is 4.06. The molecule has 0 aliphatic heterocycles. The molecule has 3 aromatic rings. The van der Waals surface area contributed by atoms with E-state index in [1.807, 2.05) is 12.1 Å². The lowest BCUT2D eigenvalue weighted by atomic mass is 10.1. The van der Waals surface area contributed by atoms with E-state index in [-0.39, 0.29) is 16.9 Å². The van der Waals surface area contributed by atoms with Crippen LogP contribution in [0, 0.1) is 9.39 Å². The fourth-order valence-corrected chi connectivity index (χ4v) is 2.48. The molecule has 1 aromatic heterocycles. The van der Waals surface area contributed by atoms with Gasteiger partial charge in [-0.15, -0.1) is 0 Å². The van der Waals surface area contributed by atoms with E-state index < -0.39 is 11.8 Å². The lowest BCUT2D eigenvalue weighted by Gasteiger charge is -2.13. The van der Waals surface area contributed by atoms with Crippen LogP contribution in [-0.4, -0.2) is 20.9 Å². The van der Waals surface area contributed by atoms with Gasteiger partial charge < -0.3 is 10.4 Å². The van der Waals surface area contributed by atoms with Gasteiger partial charge in [0.2, 0.25) is 0 Å². The summed E-state index contributed by atoms with van der Waals surface area (Å²) in [5, 5.41) is 16.3. The Kier molecular flexibility index (Phi) is 4.28. The van der Waals surface area contributed by atoms with E-state index in [1.54, 1.807) is 24.4 Å². The number of carboxylic acids is 1. The highest BCUT2D eigenvalue weighted by Crippen LogP contribution is 2.26. The van der Waals surface area contributed by atoms with E-state index in [0.29, 0.717) is 5.69 Å². The summed E-state index contributed by atoms with van der Waals surface area (Å²) in [7, 11) is 0. The number of anilines is 2. The molecule has 5 nitrogen and oxygen atoms in total. The Morgan fingerprint density at radius 1 is 1.26 bits per heavy atom. The van der Waals surface area contributed by atoms with Gasteiger partial charge in [0, 0.05) is 27.7 Å². The van der Waals surface area contributed by atoms with E-state index in [0.717, 1.165) is 3.57 Å². The molecule has 0 aliphatic rings. The van der Waals surface area contributed by atoms with Gasteiger partial charge in [0.05, 0.1) is 11.3 Å². The Morgan fingerprint density at radius 2 is 2.00 bits per heavy atom. The number of benzene rings is 2. The Hall–Kier alpha value is -2.42. The summed E-state index contributed by atoms with van der Waals surface area (Å²) in [4.78, 5) is 11.5. The van der Waals surface area contributed by atoms with Crippen LogP contribution in [-0.2, 0) is 0 Å². The van der Waals surface area contributed by atoms with Gasteiger partial charge in [0.1, 0.15) is 5.69 Å². The normalized spacial score (nSPS) is 10.5. The molecule has 0 unspecified atom stereocenters. The number of hydrogen-bond donors (Lipinski definition) is 2. The van der Waals surface area contributed by atoms with Gasteiger partial charge in [-0.05, 0) is 59.0 Å². The zero-order valence-corrected chi connectivity index (χ0v) is 13.9. The smallest absolute Gasteiger partial charge is 0.337 e. The van der Waals surface area contributed by atoms with E-state index in [9.17, 15) is 14.3 Å². The molecular formula is C16H11FIN3O2. The zero-order valence-electron chi connectivity index (χ0n) is 11.7. The third-order valence-electron chi connectivity index (χ3n) is 3.19. The van der Waals surface area contributed by atoms with Crippen LogP contribution in [0.1, 0.15) is 10.4 Å². The Labute approximate surface area is 144 Å². The number of hydrogen-bond acceptors (Lipinski definition) is 3. The first-order valence-corrected chi connectivity index (χ1v) is 7.72. The van der Waals surface area contributed by atoms with E-state index in [4.69, 9.17) is 0 Å². The highest BCUT2D eigenvalue weighted by atomic mass is 127.